The number of methoxy groups -OCH3 is 1. The number of fused-ring (bicyclic) bond motifs is 1. The highest BCUT2D eigenvalue weighted by atomic mass is 16.5. The summed E-state index contributed by atoms with van der Waals surface area (Å²) in [5.74, 6) is 0.774. The Bertz CT molecular complexity index is 1300. The van der Waals surface area contributed by atoms with Gasteiger partial charge in [0, 0.05) is 43.2 Å². The van der Waals surface area contributed by atoms with Gasteiger partial charge < -0.3 is 14.7 Å². The lowest BCUT2D eigenvalue weighted by molar-refractivity contribution is -0.160. The van der Waals surface area contributed by atoms with Gasteiger partial charge in [-0.25, -0.2) is 0 Å². The topological polar surface area (TPSA) is 65.9 Å². The van der Waals surface area contributed by atoms with E-state index in [-0.39, 0.29) is 12.5 Å². The highest BCUT2D eigenvalue weighted by molar-refractivity contribution is 5.84. The molecule has 4 aromatic rings. The Morgan fingerprint density at radius 3 is 2.24 bits per heavy atom. The molecule has 0 aliphatic carbocycles. The van der Waals surface area contributed by atoms with Crippen molar-refractivity contribution in [2.24, 2.45) is 0 Å². The van der Waals surface area contributed by atoms with Gasteiger partial charge in [0.05, 0.1) is 19.2 Å². The van der Waals surface area contributed by atoms with Gasteiger partial charge in [0.2, 0.25) is 5.91 Å². The summed E-state index contributed by atoms with van der Waals surface area (Å²) in [5.41, 5.74) is 2.16. The third-order valence-electron chi connectivity index (χ3n) is 7.17. The van der Waals surface area contributed by atoms with Gasteiger partial charge in [-0.1, -0.05) is 60.7 Å². The molecule has 1 atom stereocenters. The molecule has 0 spiro atoms. The Kier molecular flexibility index (Phi) is 7.49. The number of piperidine rings is 1. The molecule has 1 aromatic heterocycles. The van der Waals surface area contributed by atoms with Crippen molar-refractivity contribution in [3.63, 3.8) is 0 Å². The van der Waals surface area contributed by atoms with Crippen LogP contribution < -0.4 is 4.74 Å². The average molecular weight is 496 g/mol. The van der Waals surface area contributed by atoms with Gasteiger partial charge in [0.25, 0.3) is 0 Å². The summed E-state index contributed by atoms with van der Waals surface area (Å²) in [7, 11) is 1.63. The number of likely N-dealkylation sites (tertiary alicyclic amines) is 1. The minimum absolute atomic E-state index is 0.0833. The van der Waals surface area contributed by atoms with E-state index in [9.17, 15) is 9.90 Å². The Balaban J connectivity index is 1.67. The summed E-state index contributed by atoms with van der Waals surface area (Å²) in [5, 5.41) is 13.7. The molecule has 190 valence electrons. The van der Waals surface area contributed by atoms with E-state index in [1.54, 1.807) is 13.3 Å². The van der Waals surface area contributed by atoms with Crippen molar-refractivity contribution in [1.82, 2.24) is 14.8 Å². The highest BCUT2D eigenvalue weighted by Gasteiger charge is 2.41. The van der Waals surface area contributed by atoms with E-state index in [2.05, 4.69) is 34.1 Å². The molecule has 1 N–H and O–H groups in total. The minimum Gasteiger partial charge on any atom is -0.497 e. The van der Waals surface area contributed by atoms with Crippen LogP contribution in [0.15, 0.2) is 91.1 Å². The number of carbonyl (C=O) groups excluding carboxylic acids is 1. The van der Waals surface area contributed by atoms with Crippen molar-refractivity contribution in [3.8, 4) is 5.75 Å². The molecular formula is C31H33N3O3. The van der Waals surface area contributed by atoms with Crippen LogP contribution in [0.5, 0.6) is 5.75 Å². The fraction of sp³-hybridized carbons (Fsp3) is 0.290. The third kappa shape index (κ3) is 5.50. The fourth-order valence-electron chi connectivity index (χ4n) is 5.18. The monoisotopic (exact) mass is 495 g/mol. The van der Waals surface area contributed by atoms with Crippen LogP contribution in [-0.4, -0.2) is 46.0 Å². The van der Waals surface area contributed by atoms with Crippen LogP contribution in [0.25, 0.3) is 10.9 Å². The number of aliphatic hydroxyl groups is 1. The highest BCUT2D eigenvalue weighted by Crippen LogP contribution is 2.36. The van der Waals surface area contributed by atoms with E-state index < -0.39 is 5.72 Å². The number of hydrogen-bond donors (Lipinski definition) is 1. The number of β-amino-alcohol motifs (C(OH)–C–C–N with tert-alkyl or cyclic N) is 1. The quantitative estimate of drug-likeness (QED) is 0.327. The number of carbonyl (C=O) groups is 1. The van der Waals surface area contributed by atoms with Crippen LogP contribution in [0.2, 0.25) is 0 Å². The molecule has 3 aromatic carbocycles. The van der Waals surface area contributed by atoms with Crippen molar-refractivity contribution >= 4 is 16.8 Å². The summed E-state index contributed by atoms with van der Waals surface area (Å²) in [6.45, 7) is 1.81. The molecule has 1 fully saturated rings. The second kappa shape index (κ2) is 11.1. The molecule has 0 radical (unpaired) electrons. The maximum atomic E-state index is 13.0. The standard InChI is InChI=1S/C31H33N3O3/c1-37-26-15-16-29-27(20-26)28(17-18-32-29)31(36,23-33-19-9-8-14-30(33)35)34(21-24-10-4-2-5-11-24)22-25-12-6-3-7-13-25/h2-7,10-13,15-18,20,36H,8-9,14,19,21-23H2,1H3/t31-/m1/s1. The number of aromatic nitrogens is 1. The molecule has 0 unspecified atom stereocenters. The largest absolute Gasteiger partial charge is 0.497 e. The molecule has 1 aliphatic rings. The summed E-state index contributed by atoms with van der Waals surface area (Å²) in [4.78, 5) is 21.4. The van der Waals surface area contributed by atoms with Gasteiger partial charge in [0.1, 0.15) is 5.75 Å². The number of amides is 1. The average Bonchev–Trinajstić information content (AvgIpc) is 2.94. The van der Waals surface area contributed by atoms with Crippen molar-refractivity contribution in [2.75, 3.05) is 20.2 Å². The second-order valence-electron chi connectivity index (χ2n) is 9.66. The number of ether oxygens (including phenoxy) is 1. The van der Waals surface area contributed by atoms with Gasteiger partial charge in [-0.2, -0.15) is 0 Å². The van der Waals surface area contributed by atoms with E-state index in [1.165, 1.54) is 0 Å². The van der Waals surface area contributed by atoms with E-state index in [0.717, 1.165) is 34.9 Å². The van der Waals surface area contributed by atoms with Crippen LogP contribution in [0, 0.1) is 0 Å². The molecule has 5 rings (SSSR count). The Morgan fingerprint density at radius 1 is 0.946 bits per heavy atom. The van der Waals surface area contributed by atoms with E-state index in [4.69, 9.17) is 4.74 Å². The molecule has 1 amide bonds. The maximum absolute atomic E-state index is 13.0. The van der Waals surface area contributed by atoms with Gasteiger partial charge in [0.15, 0.2) is 5.72 Å². The summed E-state index contributed by atoms with van der Waals surface area (Å²) < 4.78 is 5.52. The van der Waals surface area contributed by atoms with E-state index in [1.807, 2.05) is 65.6 Å². The first-order valence-electron chi connectivity index (χ1n) is 12.8. The predicted octanol–water partition coefficient (Wildman–Crippen LogP) is 5.10. The zero-order valence-electron chi connectivity index (χ0n) is 21.2. The van der Waals surface area contributed by atoms with Crippen LogP contribution >= 0.6 is 0 Å². The molecule has 6 nitrogen and oxygen atoms in total. The maximum Gasteiger partial charge on any atom is 0.222 e. The molecular weight excluding hydrogens is 462 g/mol. The number of pyridine rings is 1. The Morgan fingerprint density at radius 2 is 1.62 bits per heavy atom. The number of nitrogens with zero attached hydrogens (tertiary/aromatic N) is 3. The summed E-state index contributed by atoms with van der Waals surface area (Å²) in [6.07, 6.45) is 4.07. The smallest absolute Gasteiger partial charge is 0.222 e. The number of benzene rings is 3. The van der Waals surface area contributed by atoms with Gasteiger partial charge in [-0.05, 0) is 48.2 Å². The molecule has 1 saturated heterocycles. The van der Waals surface area contributed by atoms with Gasteiger partial charge in [-0.15, -0.1) is 0 Å². The van der Waals surface area contributed by atoms with Gasteiger partial charge >= 0.3 is 0 Å². The zero-order chi connectivity index (χ0) is 25.7. The predicted molar refractivity (Wildman–Crippen MR) is 145 cm³/mol. The molecule has 37 heavy (non-hydrogen) atoms. The lowest BCUT2D eigenvalue weighted by Crippen LogP contribution is -2.55. The van der Waals surface area contributed by atoms with Crippen molar-refractivity contribution in [1.29, 1.82) is 0 Å². The SMILES string of the molecule is COc1ccc2nccc([C@](O)(CN3CCCCC3=O)N(Cc3ccccc3)Cc3ccccc3)c2c1. The summed E-state index contributed by atoms with van der Waals surface area (Å²) >= 11 is 0. The second-order valence-corrected chi connectivity index (χ2v) is 9.66. The van der Waals surface area contributed by atoms with Gasteiger partial charge in [-0.3, -0.25) is 14.7 Å². The van der Waals surface area contributed by atoms with E-state index >= 15 is 0 Å². The first kappa shape index (κ1) is 24.9. The Hall–Kier alpha value is -3.74. The first-order chi connectivity index (χ1) is 18.1. The van der Waals surface area contributed by atoms with Crippen molar-refractivity contribution in [2.45, 2.75) is 38.1 Å². The normalized spacial score (nSPS) is 15.6. The van der Waals surface area contributed by atoms with E-state index in [0.29, 0.717) is 37.4 Å². The fourth-order valence-corrected chi connectivity index (χ4v) is 5.18. The Labute approximate surface area is 218 Å². The van der Waals surface area contributed by atoms with Crippen molar-refractivity contribution in [3.05, 3.63) is 108 Å². The molecule has 2 heterocycles. The lowest BCUT2D eigenvalue weighted by Gasteiger charge is -2.44. The third-order valence-corrected chi connectivity index (χ3v) is 7.17. The summed E-state index contributed by atoms with van der Waals surface area (Å²) in [6, 6.07) is 27.9. The number of rotatable bonds is 9. The van der Waals surface area contributed by atoms with Crippen LogP contribution in [0.4, 0.5) is 0 Å². The lowest BCUT2D eigenvalue weighted by atomic mass is 9.93. The molecule has 0 saturated carbocycles. The molecule has 0 bridgehead atoms. The number of hydrogen-bond acceptors (Lipinski definition) is 5. The van der Waals surface area contributed by atoms with Crippen LogP contribution in [-0.2, 0) is 23.6 Å². The van der Waals surface area contributed by atoms with Crippen LogP contribution in [0.3, 0.4) is 0 Å². The van der Waals surface area contributed by atoms with Crippen molar-refractivity contribution < 1.29 is 14.6 Å². The zero-order valence-corrected chi connectivity index (χ0v) is 21.2. The minimum atomic E-state index is -1.48. The molecule has 1 aliphatic heterocycles. The first-order valence-corrected chi connectivity index (χ1v) is 12.8. The van der Waals surface area contributed by atoms with Crippen LogP contribution in [0.1, 0.15) is 36.0 Å². The molecule has 6 heteroatoms.